The van der Waals surface area contributed by atoms with Crippen LogP contribution in [0.4, 0.5) is 10.2 Å². The van der Waals surface area contributed by atoms with Gasteiger partial charge >= 0.3 is 0 Å². The molecule has 1 aliphatic rings. The van der Waals surface area contributed by atoms with Crippen molar-refractivity contribution < 1.29 is 4.48 Å². The van der Waals surface area contributed by atoms with Crippen molar-refractivity contribution in [3.05, 3.63) is 28.8 Å². The summed E-state index contributed by atoms with van der Waals surface area (Å²) in [6.45, 7) is 11.0. The number of fused-ring (bicyclic) bond motifs is 1. The van der Waals surface area contributed by atoms with Gasteiger partial charge in [-0.25, -0.2) is 0 Å². The van der Waals surface area contributed by atoms with Crippen molar-refractivity contribution in [1.82, 2.24) is 0 Å². The Morgan fingerprint density at radius 2 is 1.50 bits per heavy atom. The van der Waals surface area contributed by atoms with E-state index in [-0.39, 0.29) is 10.8 Å². The minimum Gasteiger partial charge on any atom is -0.121 e. The van der Waals surface area contributed by atoms with Crippen LogP contribution in [0.3, 0.4) is 0 Å². The molecule has 0 radical (unpaired) electrons. The molecule has 0 aliphatic heterocycles. The zero-order valence-electron chi connectivity index (χ0n) is 11.8. The highest BCUT2D eigenvalue weighted by Gasteiger charge is 2.37. The third-order valence-electron chi connectivity index (χ3n) is 4.31. The Kier molecular flexibility index (Phi) is 3.04. The van der Waals surface area contributed by atoms with E-state index in [4.69, 9.17) is 0 Å². The highest BCUT2D eigenvalue weighted by atomic mass is 19.2. The van der Waals surface area contributed by atoms with Crippen molar-refractivity contribution in [2.45, 2.75) is 58.3 Å². The minimum atomic E-state index is 0.124. The summed E-state index contributed by atoms with van der Waals surface area (Å²) in [6, 6.07) is 4.16. The van der Waals surface area contributed by atoms with E-state index in [1.54, 1.807) is 0 Å². The van der Waals surface area contributed by atoms with Gasteiger partial charge in [-0.1, -0.05) is 38.2 Å². The van der Waals surface area contributed by atoms with Crippen LogP contribution in [0.2, 0.25) is 0 Å². The topological polar surface area (TPSA) is 24.7 Å². The van der Waals surface area contributed by atoms with E-state index < -0.39 is 0 Å². The molecule has 98 valence electrons. The molecule has 0 bridgehead atoms. The highest BCUT2D eigenvalue weighted by Crippen LogP contribution is 2.47. The van der Waals surface area contributed by atoms with E-state index in [2.05, 4.69) is 44.2 Å². The summed E-state index contributed by atoms with van der Waals surface area (Å²) in [7, 11) is 0. The lowest BCUT2D eigenvalue weighted by molar-refractivity contribution is 0.331. The van der Waals surface area contributed by atoms with Gasteiger partial charge in [0.05, 0.1) is 5.69 Å². The molecule has 1 aliphatic carbocycles. The number of rotatable bonds is 1. The Morgan fingerprint density at radius 1 is 1.00 bits per heavy atom. The number of hydrogen-bond donors (Lipinski definition) is 0. The van der Waals surface area contributed by atoms with Crippen LogP contribution >= 0.6 is 0 Å². The predicted molar refractivity (Wildman–Crippen MR) is 72.1 cm³/mol. The van der Waals surface area contributed by atoms with Crippen molar-refractivity contribution in [2.24, 2.45) is 10.5 Å². The number of benzene rings is 1. The molecule has 2 nitrogen and oxygen atoms in total. The molecule has 1 aromatic rings. The van der Waals surface area contributed by atoms with Crippen LogP contribution in [0, 0.1) is 6.92 Å². The molecular weight excluding hydrogens is 227 g/mol. The summed E-state index contributed by atoms with van der Waals surface area (Å²) in [6.07, 6.45) is 2.32. The van der Waals surface area contributed by atoms with Gasteiger partial charge in [-0.3, -0.25) is 0 Å². The summed E-state index contributed by atoms with van der Waals surface area (Å²) in [4.78, 5) is 0. The van der Waals surface area contributed by atoms with Gasteiger partial charge in [0, 0.05) is 5.34 Å². The lowest BCUT2D eigenvalue weighted by Gasteiger charge is -2.42. The molecule has 18 heavy (non-hydrogen) atoms. The summed E-state index contributed by atoms with van der Waals surface area (Å²) in [5, 5.41) is 6.01. The summed E-state index contributed by atoms with van der Waals surface area (Å²) in [5.41, 5.74) is 4.59. The molecule has 0 aromatic heterocycles. The Hall–Kier alpha value is -1.25. The lowest BCUT2D eigenvalue weighted by Crippen LogP contribution is -2.33. The quantitative estimate of drug-likeness (QED) is 0.601. The van der Waals surface area contributed by atoms with Gasteiger partial charge in [-0.2, -0.15) is 0 Å². The number of halogens is 1. The van der Waals surface area contributed by atoms with E-state index in [1.807, 2.05) is 13.0 Å². The van der Waals surface area contributed by atoms with E-state index in [0.717, 1.165) is 12.0 Å². The molecule has 0 fully saturated rings. The first-order valence-electron chi connectivity index (χ1n) is 6.45. The van der Waals surface area contributed by atoms with Crippen LogP contribution in [-0.2, 0) is 10.8 Å². The van der Waals surface area contributed by atoms with Gasteiger partial charge in [0.1, 0.15) is 0 Å². The van der Waals surface area contributed by atoms with E-state index in [9.17, 15) is 4.48 Å². The van der Waals surface area contributed by atoms with E-state index in [0.29, 0.717) is 5.69 Å². The molecule has 0 saturated carbocycles. The Morgan fingerprint density at radius 3 is 2.00 bits per heavy atom. The van der Waals surface area contributed by atoms with Gasteiger partial charge in [-0.05, 0) is 53.4 Å². The zero-order chi connectivity index (χ0) is 13.6. The van der Waals surface area contributed by atoms with Crippen LogP contribution in [-0.4, -0.2) is 0 Å². The highest BCUT2D eigenvalue weighted by molar-refractivity contribution is 5.55. The second-order valence-electron chi connectivity index (χ2n) is 6.63. The van der Waals surface area contributed by atoms with E-state index in [1.165, 1.54) is 17.5 Å². The fourth-order valence-corrected chi connectivity index (χ4v) is 2.86. The molecule has 0 unspecified atom stereocenters. The molecule has 0 saturated heterocycles. The normalized spacial score (nSPS) is 21.0. The third kappa shape index (κ3) is 2.06. The molecule has 3 heteroatoms. The molecule has 0 heterocycles. The average Bonchev–Trinajstić information content (AvgIpc) is 2.27. The monoisotopic (exact) mass is 248 g/mol. The fourth-order valence-electron chi connectivity index (χ4n) is 2.86. The average molecular weight is 248 g/mol. The minimum absolute atomic E-state index is 0.124. The molecule has 0 N–H and O–H groups in total. The maximum atomic E-state index is 12.1. The van der Waals surface area contributed by atoms with Gasteiger partial charge in [0.15, 0.2) is 0 Å². The largest absolute Gasteiger partial charge is 0.121 e. The first kappa shape index (κ1) is 13.2. The van der Waals surface area contributed by atoms with E-state index >= 15 is 0 Å². The van der Waals surface area contributed by atoms with Crippen LogP contribution < -0.4 is 0 Å². The molecule has 0 atom stereocenters. The SMILES string of the molecule is Cc1cc2c(cc1N=NF)C(C)(C)CCC2(C)C. The van der Waals surface area contributed by atoms with Gasteiger partial charge in [0.2, 0.25) is 0 Å². The fraction of sp³-hybridized carbons (Fsp3) is 0.600. The Balaban J connectivity index is 2.69. The van der Waals surface area contributed by atoms with Crippen molar-refractivity contribution >= 4 is 5.69 Å². The molecule has 1 aromatic carbocycles. The lowest BCUT2D eigenvalue weighted by atomic mass is 9.63. The van der Waals surface area contributed by atoms with Crippen molar-refractivity contribution in [3.63, 3.8) is 0 Å². The van der Waals surface area contributed by atoms with Crippen LogP contribution in [0.1, 0.15) is 57.2 Å². The Bertz CT molecular complexity index is 501. The molecule has 0 amide bonds. The molecule has 0 spiro atoms. The summed E-state index contributed by atoms with van der Waals surface area (Å²) < 4.78 is 12.1. The second-order valence-corrected chi connectivity index (χ2v) is 6.63. The smallest absolute Gasteiger partial charge is 0.0914 e. The van der Waals surface area contributed by atoms with Gasteiger partial charge in [-0.15, -0.1) is 5.11 Å². The summed E-state index contributed by atoms with van der Waals surface area (Å²) in [5.74, 6) is 0. The van der Waals surface area contributed by atoms with Gasteiger partial charge < -0.3 is 0 Å². The van der Waals surface area contributed by atoms with Gasteiger partial charge in [0.25, 0.3) is 0 Å². The molecule has 2 rings (SSSR count). The maximum Gasteiger partial charge on any atom is 0.0914 e. The third-order valence-corrected chi connectivity index (χ3v) is 4.31. The van der Waals surface area contributed by atoms with Crippen molar-refractivity contribution in [3.8, 4) is 0 Å². The first-order valence-corrected chi connectivity index (χ1v) is 6.45. The van der Waals surface area contributed by atoms with Crippen molar-refractivity contribution in [2.75, 3.05) is 0 Å². The van der Waals surface area contributed by atoms with Crippen LogP contribution in [0.5, 0.6) is 0 Å². The van der Waals surface area contributed by atoms with Crippen LogP contribution in [0.25, 0.3) is 0 Å². The molecular formula is C15H21FN2. The standard InChI is InChI=1S/C15H21FN2/c1-10-8-11-12(9-13(10)17-18-16)15(4,5)7-6-14(11,2)3/h8-9H,6-7H2,1-5H3. The zero-order valence-corrected chi connectivity index (χ0v) is 11.8. The second kappa shape index (κ2) is 4.15. The number of aryl methyl sites for hydroxylation is 1. The maximum absolute atomic E-state index is 12.1. The number of hydrogen-bond acceptors (Lipinski definition) is 2. The first-order chi connectivity index (χ1) is 8.28. The van der Waals surface area contributed by atoms with Crippen molar-refractivity contribution in [1.29, 1.82) is 0 Å². The number of nitrogens with zero attached hydrogens (tertiary/aromatic N) is 2. The predicted octanol–water partition coefficient (Wildman–Crippen LogP) is 5.31. The summed E-state index contributed by atoms with van der Waals surface area (Å²) >= 11 is 0. The van der Waals surface area contributed by atoms with Crippen LogP contribution in [0.15, 0.2) is 22.6 Å². The Labute approximate surface area is 108 Å².